The van der Waals surface area contributed by atoms with Crippen molar-refractivity contribution in [2.75, 3.05) is 13.6 Å². The number of thiophene rings is 1. The molecule has 1 aromatic rings. The number of carbonyl (C=O) groups is 1. The SMILES string of the molecule is CN(CCC(F)(F)F)Cc1ccc(C(=O)O)s1. The Kier molecular flexibility index (Phi) is 4.53. The highest BCUT2D eigenvalue weighted by molar-refractivity contribution is 7.13. The summed E-state index contributed by atoms with van der Waals surface area (Å²) in [6.45, 7) is 0.234. The van der Waals surface area contributed by atoms with Crippen molar-refractivity contribution < 1.29 is 23.1 Å². The molecule has 1 N–H and O–H groups in total. The van der Waals surface area contributed by atoms with E-state index in [1.165, 1.54) is 11.0 Å². The van der Waals surface area contributed by atoms with Crippen molar-refractivity contribution in [2.45, 2.75) is 19.1 Å². The zero-order valence-corrected chi connectivity index (χ0v) is 9.94. The fraction of sp³-hybridized carbons (Fsp3) is 0.500. The van der Waals surface area contributed by atoms with Crippen molar-refractivity contribution in [3.8, 4) is 0 Å². The van der Waals surface area contributed by atoms with Gasteiger partial charge in [-0.05, 0) is 19.2 Å². The minimum absolute atomic E-state index is 0.0934. The maximum absolute atomic E-state index is 12.0. The zero-order chi connectivity index (χ0) is 13.1. The highest BCUT2D eigenvalue weighted by Gasteiger charge is 2.27. The Labute approximate surface area is 100 Å². The van der Waals surface area contributed by atoms with Crippen LogP contribution in [0.5, 0.6) is 0 Å². The number of hydrogen-bond donors (Lipinski definition) is 1. The van der Waals surface area contributed by atoms with Crippen molar-refractivity contribution in [1.82, 2.24) is 4.90 Å². The first-order valence-corrected chi connectivity index (χ1v) is 5.67. The first-order chi connectivity index (χ1) is 7.78. The van der Waals surface area contributed by atoms with Crippen LogP contribution in [0.1, 0.15) is 21.0 Å². The van der Waals surface area contributed by atoms with Crippen LogP contribution >= 0.6 is 11.3 Å². The van der Waals surface area contributed by atoms with Gasteiger partial charge in [-0.25, -0.2) is 4.79 Å². The van der Waals surface area contributed by atoms with E-state index in [1.54, 1.807) is 13.1 Å². The summed E-state index contributed by atoms with van der Waals surface area (Å²) in [5, 5.41) is 8.69. The van der Waals surface area contributed by atoms with Gasteiger partial charge in [-0.2, -0.15) is 13.2 Å². The summed E-state index contributed by atoms with van der Waals surface area (Å²) in [7, 11) is 1.58. The van der Waals surface area contributed by atoms with Gasteiger partial charge in [0.1, 0.15) is 4.88 Å². The molecule has 7 heteroatoms. The van der Waals surface area contributed by atoms with E-state index < -0.39 is 18.6 Å². The summed E-state index contributed by atoms with van der Waals surface area (Å²) >= 11 is 1.08. The quantitative estimate of drug-likeness (QED) is 0.891. The molecule has 0 aliphatic rings. The van der Waals surface area contributed by atoms with Crippen LogP contribution in [0.4, 0.5) is 13.2 Å². The van der Waals surface area contributed by atoms with Gasteiger partial charge in [0.05, 0.1) is 6.42 Å². The van der Waals surface area contributed by atoms with Crippen LogP contribution in [0.2, 0.25) is 0 Å². The number of alkyl halides is 3. The predicted octanol–water partition coefficient (Wildman–Crippen LogP) is 2.83. The van der Waals surface area contributed by atoms with Crippen LogP contribution in [-0.4, -0.2) is 35.7 Å². The van der Waals surface area contributed by atoms with E-state index in [9.17, 15) is 18.0 Å². The molecule has 0 amide bonds. The lowest BCUT2D eigenvalue weighted by Crippen LogP contribution is -2.23. The normalized spacial score (nSPS) is 12.1. The van der Waals surface area contributed by atoms with Crippen LogP contribution in [0.3, 0.4) is 0 Å². The van der Waals surface area contributed by atoms with Crippen LogP contribution < -0.4 is 0 Å². The second-order valence-electron chi connectivity index (χ2n) is 3.67. The van der Waals surface area contributed by atoms with Gasteiger partial charge in [0, 0.05) is 18.0 Å². The summed E-state index contributed by atoms with van der Waals surface area (Å²) < 4.78 is 35.9. The molecule has 0 radical (unpaired) electrons. The van der Waals surface area contributed by atoms with Crippen LogP contribution in [0.25, 0.3) is 0 Å². The Morgan fingerprint density at radius 1 is 1.47 bits per heavy atom. The molecule has 0 atom stereocenters. The second-order valence-corrected chi connectivity index (χ2v) is 4.84. The Morgan fingerprint density at radius 2 is 2.12 bits per heavy atom. The summed E-state index contributed by atoms with van der Waals surface area (Å²) in [4.78, 5) is 13.1. The Bertz CT molecular complexity index is 389. The number of rotatable bonds is 5. The van der Waals surface area contributed by atoms with E-state index in [-0.39, 0.29) is 11.4 Å². The number of hydrogen-bond acceptors (Lipinski definition) is 3. The first kappa shape index (κ1) is 14.0. The molecule has 3 nitrogen and oxygen atoms in total. The Balaban J connectivity index is 2.45. The monoisotopic (exact) mass is 267 g/mol. The van der Waals surface area contributed by atoms with Gasteiger partial charge in [0.15, 0.2) is 0 Å². The molecule has 0 saturated heterocycles. The molecule has 17 heavy (non-hydrogen) atoms. The van der Waals surface area contributed by atoms with E-state index in [0.717, 1.165) is 16.2 Å². The molecule has 0 fully saturated rings. The standard InChI is InChI=1S/C10H12F3NO2S/c1-14(5-4-10(11,12)13)6-7-2-3-8(17-7)9(15)16/h2-3H,4-6H2,1H3,(H,15,16). The predicted molar refractivity (Wildman–Crippen MR) is 58.3 cm³/mol. The van der Waals surface area contributed by atoms with Gasteiger partial charge in [-0.1, -0.05) is 0 Å². The summed E-state index contributed by atoms with van der Waals surface area (Å²) in [5.74, 6) is -1.01. The summed E-state index contributed by atoms with van der Waals surface area (Å²) in [6.07, 6.45) is -5.02. The fourth-order valence-electron chi connectivity index (χ4n) is 1.24. The zero-order valence-electron chi connectivity index (χ0n) is 9.12. The molecule has 1 rings (SSSR count). The van der Waals surface area contributed by atoms with Crippen molar-refractivity contribution in [1.29, 1.82) is 0 Å². The van der Waals surface area contributed by atoms with E-state index in [0.29, 0.717) is 6.54 Å². The van der Waals surface area contributed by atoms with Crippen LogP contribution in [-0.2, 0) is 6.54 Å². The third-order valence-corrected chi connectivity index (χ3v) is 3.13. The second kappa shape index (κ2) is 5.50. The van der Waals surface area contributed by atoms with Gasteiger partial charge in [-0.3, -0.25) is 0 Å². The maximum Gasteiger partial charge on any atom is 0.390 e. The maximum atomic E-state index is 12.0. The largest absolute Gasteiger partial charge is 0.477 e. The number of aromatic carboxylic acids is 1. The van der Waals surface area contributed by atoms with E-state index in [1.807, 2.05) is 0 Å². The lowest BCUT2D eigenvalue weighted by molar-refractivity contribution is -0.137. The molecular formula is C10H12F3NO2S. The molecule has 0 spiro atoms. The van der Waals surface area contributed by atoms with E-state index in [4.69, 9.17) is 5.11 Å². The minimum Gasteiger partial charge on any atom is -0.477 e. The Morgan fingerprint density at radius 3 is 2.59 bits per heavy atom. The molecule has 0 aliphatic carbocycles. The Hall–Kier alpha value is -1.08. The third-order valence-electron chi connectivity index (χ3n) is 2.08. The number of carboxylic acids is 1. The molecule has 1 heterocycles. The minimum atomic E-state index is -4.16. The van der Waals surface area contributed by atoms with Crippen molar-refractivity contribution in [3.05, 3.63) is 21.9 Å². The van der Waals surface area contributed by atoms with Crippen LogP contribution in [0.15, 0.2) is 12.1 Å². The van der Waals surface area contributed by atoms with E-state index in [2.05, 4.69) is 0 Å². The average Bonchev–Trinajstić information content (AvgIpc) is 2.62. The molecule has 0 unspecified atom stereocenters. The average molecular weight is 267 g/mol. The van der Waals surface area contributed by atoms with Crippen molar-refractivity contribution >= 4 is 17.3 Å². The smallest absolute Gasteiger partial charge is 0.390 e. The lowest BCUT2D eigenvalue weighted by Gasteiger charge is -2.16. The number of nitrogens with zero attached hydrogens (tertiary/aromatic N) is 1. The number of halogens is 3. The highest BCUT2D eigenvalue weighted by Crippen LogP contribution is 2.21. The molecule has 0 bridgehead atoms. The fourth-order valence-corrected chi connectivity index (χ4v) is 2.17. The van der Waals surface area contributed by atoms with E-state index >= 15 is 0 Å². The first-order valence-electron chi connectivity index (χ1n) is 4.85. The molecule has 0 aromatic carbocycles. The highest BCUT2D eigenvalue weighted by atomic mass is 32.1. The van der Waals surface area contributed by atoms with Gasteiger partial charge < -0.3 is 10.0 Å². The molecule has 1 aromatic heterocycles. The van der Waals surface area contributed by atoms with Crippen LogP contribution in [0, 0.1) is 0 Å². The topological polar surface area (TPSA) is 40.5 Å². The van der Waals surface area contributed by atoms with Gasteiger partial charge in [0.2, 0.25) is 0 Å². The molecule has 0 aliphatic heterocycles. The van der Waals surface area contributed by atoms with Gasteiger partial charge in [0.25, 0.3) is 0 Å². The van der Waals surface area contributed by atoms with Gasteiger partial charge in [-0.15, -0.1) is 11.3 Å². The van der Waals surface area contributed by atoms with Crippen molar-refractivity contribution in [3.63, 3.8) is 0 Å². The molecule has 96 valence electrons. The summed E-state index contributed by atoms with van der Waals surface area (Å²) in [6, 6.07) is 3.08. The lowest BCUT2D eigenvalue weighted by atomic mass is 10.3. The molecule has 0 saturated carbocycles. The molecular weight excluding hydrogens is 255 g/mol. The third kappa shape index (κ3) is 5.18. The summed E-state index contributed by atoms with van der Waals surface area (Å²) in [5.41, 5.74) is 0. The number of carboxylic acid groups (broad SMARTS) is 1. The van der Waals surface area contributed by atoms with Gasteiger partial charge >= 0.3 is 12.1 Å². The van der Waals surface area contributed by atoms with Crippen molar-refractivity contribution in [2.24, 2.45) is 0 Å².